The molecule has 1 aliphatic rings. The van der Waals surface area contributed by atoms with Crippen LogP contribution in [0.4, 0.5) is 14.5 Å². The second-order valence-corrected chi connectivity index (χ2v) is 6.49. The topological polar surface area (TPSA) is 62.3 Å². The van der Waals surface area contributed by atoms with Gasteiger partial charge in [-0.1, -0.05) is 13.8 Å². The van der Waals surface area contributed by atoms with Crippen molar-refractivity contribution in [1.29, 1.82) is 0 Å². The lowest BCUT2D eigenvalue weighted by molar-refractivity contribution is -0.139. The molecule has 0 radical (unpaired) electrons. The van der Waals surface area contributed by atoms with Crippen LogP contribution in [0.1, 0.15) is 26.7 Å². The van der Waals surface area contributed by atoms with Crippen LogP contribution in [0.2, 0.25) is 0 Å². The largest absolute Gasteiger partial charge is 0.330 e. The fourth-order valence-corrected chi connectivity index (χ4v) is 3.07. The van der Waals surface area contributed by atoms with E-state index in [-0.39, 0.29) is 23.2 Å². The molecule has 2 aromatic rings. The van der Waals surface area contributed by atoms with E-state index in [2.05, 4.69) is 10.3 Å². The van der Waals surface area contributed by atoms with E-state index in [0.29, 0.717) is 24.0 Å². The number of anilines is 1. The normalized spacial score (nSPS) is 17.3. The molecule has 1 aliphatic heterocycles. The number of fused-ring (bicyclic) bond motifs is 1. The van der Waals surface area contributed by atoms with Crippen molar-refractivity contribution >= 4 is 28.4 Å². The molecule has 0 spiro atoms. The van der Waals surface area contributed by atoms with Gasteiger partial charge in [0.15, 0.2) is 11.6 Å². The summed E-state index contributed by atoms with van der Waals surface area (Å²) in [5, 5.41) is 3.11. The van der Waals surface area contributed by atoms with Crippen molar-refractivity contribution in [2.24, 2.45) is 5.92 Å². The van der Waals surface area contributed by atoms with E-state index in [1.807, 2.05) is 0 Å². The smallest absolute Gasteiger partial charge is 0.247 e. The first kappa shape index (κ1) is 17.3. The second-order valence-electron chi connectivity index (χ2n) is 6.49. The van der Waals surface area contributed by atoms with Gasteiger partial charge in [0.05, 0.1) is 11.9 Å². The van der Waals surface area contributed by atoms with Gasteiger partial charge in [0, 0.05) is 17.8 Å². The highest BCUT2D eigenvalue weighted by atomic mass is 19.2. The Bertz CT molecular complexity index is 838. The van der Waals surface area contributed by atoms with E-state index in [9.17, 15) is 18.4 Å². The maximum absolute atomic E-state index is 13.7. The molecular weight excluding hydrogens is 328 g/mol. The van der Waals surface area contributed by atoms with Crippen LogP contribution < -0.4 is 5.32 Å². The van der Waals surface area contributed by atoms with Crippen LogP contribution in [0.25, 0.3) is 10.9 Å². The molecule has 2 amide bonds. The Hall–Kier alpha value is -2.57. The summed E-state index contributed by atoms with van der Waals surface area (Å²) in [6.45, 7) is 4.17. The summed E-state index contributed by atoms with van der Waals surface area (Å²) in [7, 11) is 0. The van der Waals surface area contributed by atoms with E-state index in [1.54, 1.807) is 18.7 Å². The van der Waals surface area contributed by atoms with Gasteiger partial charge in [0.2, 0.25) is 11.8 Å². The molecule has 1 N–H and O–H groups in total. The number of amides is 2. The van der Waals surface area contributed by atoms with E-state index in [0.717, 1.165) is 12.5 Å². The number of carbonyl (C=O) groups excluding carboxylic acids is 2. The number of hydrogen-bond donors (Lipinski definition) is 1. The Morgan fingerprint density at radius 1 is 1.32 bits per heavy atom. The van der Waals surface area contributed by atoms with Crippen LogP contribution in [-0.2, 0) is 9.59 Å². The molecule has 3 rings (SSSR count). The summed E-state index contributed by atoms with van der Waals surface area (Å²) >= 11 is 0. The van der Waals surface area contributed by atoms with Crippen molar-refractivity contribution in [2.45, 2.75) is 32.7 Å². The average molecular weight is 347 g/mol. The Labute approximate surface area is 144 Å². The number of benzene rings is 1. The first-order valence-electron chi connectivity index (χ1n) is 8.23. The molecule has 0 aliphatic carbocycles. The zero-order valence-corrected chi connectivity index (χ0v) is 14.1. The summed E-state index contributed by atoms with van der Waals surface area (Å²) in [4.78, 5) is 30.2. The molecule has 2 heterocycles. The van der Waals surface area contributed by atoms with Crippen molar-refractivity contribution in [3.63, 3.8) is 0 Å². The van der Waals surface area contributed by atoms with Gasteiger partial charge in [-0.15, -0.1) is 0 Å². The molecule has 1 unspecified atom stereocenters. The monoisotopic (exact) mass is 347 g/mol. The molecule has 132 valence electrons. The van der Waals surface area contributed by atoms with Crippen LogP contribution in [0, 0.1) is 17.6 Å². The highest BCUT2D eigenvalue weighted by molar-refractivity contribution is 5.98. The number of aromatic nitrogens is 1. The van der Waals surface area contributed by atoms with Gasteiger partial charge in [0.1, 0.15) is 11.6 Å². The summed E-state index contributed by atoms with van der Waals surface area (Å²) in [5.41, 5.74) is 0.294. The molecule has 7 heteroatoms. The van der Waals surface area contributed by atoms with Crippen LogP contribution in [0.15, 0.2) is 24.4 Å². The fraction of sp³-hybridized carbons (Fsp3) is 0.389. The van der Waals surface area contributed by atoms with Crippen molar-refractivity contribution in [3.8, 4) is 0 Å². The molecule has 25 heavy (non-hydrogen) atoms. The number of carbonyl (C=O) groups is 2. The highest BCUT2D eigenvalue weighted by Crippen LogP contribution is 2.24. The molecule has 1 atom stereocenters. The molecule has 0 bridgehead atoms. The van der Waals surface area contributed by atoms with Gasteiger partial charge in [-0.2, -0.15) is 0 Å². The summed E-state index contributed by atoms with van der Waals surface area (Å²) in [5.74, 6) is -2.50. The third kappa shape index (κ3) is 3.31. The zero-order chi connectivity index (χ0) is 18.1. The van der Waals surface area contributed by atoms with Gasteiger partial charge in [0.25, 0.3) is 0 Å². The minimum atomic E-state index is -1.01. The first-order chi connectivity index (χ1) is 11.9. The Kier molecular flexibility index (Phi) is 4.65. The summed E-state index contributed by atoms with van der Waals surface area (Å²) in [6, 6.07) is 3.44. The van der Waals surface area contributed by atoms with Crippen molar-refractivity contribution in [3.05, 3.63) is 36.0 Å². The molecular formula is C18H19F2N3O2. The number of pyridine rings is 1. The van der Waals surface area contributed by atoms with Crippen LogP contribution in [0.3, 0.4) is 0 Å². The summed E-state index contributed by atoms with van der Waals surface area (Å²) in [6.07, 6.45) is 2.66. The van der Waals surface area contributed by atoms with Gasteiger partial charge in [-0.3, -0.25) is 14.6 Å². The molecule has 1 fully saturated rings. The number of nitrogens with zero attached hydrogens (tertiary/aromatic N) is 2. The van der Waals surface area contributed by atoms with E-state index >= 15 is 0 Å². The van der Waals surface area contributed by atoms with Gasteiger partial charge in [-0.25, -0.2) is 8.78 Å². The zero-order valence-electron chi connectivity index (χ0n) is 14.1. The van der Waals surface area contributed by atoms with Crippen LogP contribution >= 0.6 is 0 Å². The van der Waals surface area contributed by atoms with Crippen molar-refractivity contribution < 1.29 is 18.4 Å². The number of likely N-dealkylation sites (tertiary alicyclic amines) is 1. The van der Waals surface area contributed by atoms with Crippen molar-refractivity contribution in [1.82, 2.24) is 9.88 Å². The molecule has 1 aromatic heterocycles. The first-order valence-corrected chi connectivity index (χ1v) is 8.23. The SMILES string of the molecule is CC(C)C(=O)N1CCCC1C(=O)Nc1cnc2c(F)c(F)ccc2c1. The minimum Gasteiger partial charge on any atom is -0.330 e. The van der Waals surface area contributed by atoms with Crippen LogP contribution in [-0.4, -0.2) is 34.3 Å². The third-order valence-corrected chi connectivity index (χ3v) is 4.34. The quantitative estimate of drug-likeness (QED) is 0.928. The van der Waals surface area contributed by atoms with E-state index in [4.69, 9.17) is 0 Å². The average Bonchev–Trinajstić information content (AvgIpc) is 3.07. The van der Waals surface area contributed by atoms with E-state index < -0.39 is 17.7 Å². The second kappa shape index (κ2) is 6.74. The van der Waals surface area contributed by atoms with Crippen LogP contribution in [0.5, 0.6) is 0 Å². The third-order valence-electron chi connectivity index (χ3n) is 4.34. The molecule has 5 nitrogen and oxygen atoms in total. The van der Waals surface area contributed by atoms with E-state index in [1.165, 1.54) is 18.3 Å². The fourth-order valence-electron chi connectivity index (χ4n) is 3.07. The Morgan fingerprint density at radius 3 is 2.80 bits per heavy atom. The van der Waals surface area contributed by atoms with Gasteiger partial charge < -0.3 is 10.2 Å². The van der Waals surface area contributed by atoms with Crippen molar-refractivity contribution in [2.75, 3.05) is 11.9 Å². The number of hydrogen-bond acceptors (Lipinski definition) is 3. The summed E-state index contributed by atoms with van der Waals surface area (Å²) < 4.78 is 26.9. The molecule has 1 aromatic carbocycles. The maximum Gasteiger partial charge on any atom is 0.247 e. The van der Waals surface area contributed by atoms with Gasteiger partial charge in [-0.05, 0) is 31.0 Å². The minimum absolute atomic E-state index is 0.0492. The highest BCUT2D eigenvalue weighted by Gasteiger charge is 2.34. The standard InChI is InChI=1S/C18H19F2N3O2/c1-10(2)18(25)23-7-3-4-14(23)17(24)22-12-8-11-5-6-13(19)15(20)16(11)21-9-12/h5-6,8-10,14H,3-4,7H2,1-2H3,(H,22,24). The molecule has 0 saturated carbocycles. The predicted molar refractivity (Wildman–Crippen MR) is 89.9 cm³/mol. The lowest BCUT2D eigenvalue weighted by atomic mass is 10.1. The number of halogens is 2. The lowest BCUT2D eigenvalue weighted by Gasteiger charge is -2.25. The van der Waals surface area contributed by atoms with Gasteiger partial charge >= 0.3 is 0 Å². The predicted octanol–water partition coefficient (Wildman–Crippen LogP) is 3.10. The lowest BCUT2D eigenvalue weighted by Crippen LogP contribution is -2.44. The Morgan fingerprint density at radius 2 is 2.08 bits per heavy atom. The maximum atomic E-state index is 13.7. The Balaban J connectivity index is 1.80. The molecule has 1 saturated heterocycles. The number of nitrogens with one attached hydrogen (secondary N) is 1. The number of rotatable bonds is 3.